The molecule has 0 saturated carbocycles. The third-order valence-corrected chi connectivity index (χ3v) is 7.04. The minimum Gasteiger partial charge on any atom is -0.352 e. The van der Waals surface area contributed by atoms with E-state index in [1.165, 1.54) is 37.1 Å². The van der Waals surface area contributed by atoms with Crippen molar-refractivity contribution in [3.8, 4) is 11.1 Å². The van der Waals surface area contributed by atoms with Gasteiger partial charge in [0.1, 0.15) is 5.82 Å². The van der Waals surface area contributed by atoms with Crippen molar-refractivity contribution in [3.63, 3.8) is 0 Å². The van der Waals surface area contributed by atoms with E-state index in [1.54, 1.807) is 0 Å². The molecule has 0 unspecified atom stereocenters. The fourth-order valence-electron chi connectivity index (χ4n) is 3.99. The molecule has 0 amide bonds. The first-order valence-electron chi connectivity index (χ1n) is 10.8. The maximum atomic E-state index is 4.75. The van der Waals surface area contributed by atoms with E-state index >= 15 is 0 Å². The topological polar surface area (TPSA) is 53.9 Å². The summed E-state index contributed by atoms with van der Waals surface area (Å²) in [6.07, 6.45) is 4.64. The first kappa shape index (κ1) is 20.9. The number of benzene rings is 2. The Kier molecular flexibility index (Phi) is 6.03. The molecule has 1 aliphatic rings. The highest BCUT2D eigenvalue weighted by Crippen LogP contribution is 2.24. The third-order valence-electron chi connectivity index (χ3n) is 5.82. The summed E-state index contributed by atoms with van der Waals surface area (Å²) in [5, 5.41) is 3.37. The van der Waals surface area contributed by atoms with Crippen LogP contribution in [0.4, 0.5) is 11.8 Å². The van der Waals surface area contributed by atoms with Gasteiger partial charge in [-0.2, -0.15) is 4.98 Å². The van der Waals surface area contributed by atoms with Crippen LogP contribution < -0.4 is 10.2 Å². The van der Waals surface area contributed by atoms with Crippen LogP contribution in [0.3, 0.4) is 0 Å². The number of rotatable bonds is 5. The molecule has 2 aromatic carbocycles. The lowest BCUT2D eigenvalue weighted by Gasteiger charge is -2.29. The highest BCUT2D eigenvalue weighted by Gasteiger charge is 2.18. The van der Waals surface area contributed by atoms with Crippen LogP contribution in [-0.4, -0.2) is 21.5 Å². The van der Waals surface area contributed by atoms with E-state index < -0.39 is 0 Å². The summed E-state index contributed by atoms with van der Waals surface area (Å²) >= 11 is 2.37. The number of anilines is 2. The van der Waals surface area contributed by atoms with Gasteiger partial charge in [0.15, 0.2) is 0 Å². The van der Waals surface area contributed by atoms with Gasteiger partial charge in [0.05, 0.1) is 0 Å². The van der Waals surface area contributed by atoms with Gasteiger partial charge in [-0.15, -0.1) is 0 Å². The lowest BCUT2D eigenvalue weighted by molar-refractivity contribution is 0.702. The number of aromatic nitrogens is 3. The predicted octanol–water partition coefficient (Wildman–Crippen LogP) is 5.63. The SMILES string of the molecule is Cc1cc(-c2ccc(CNc3nccc(N4CCc5ncccc5C4)n3)cc2)ccc1I. The number of nitrogens with zero attached hydrogens (tertiary/aromatic N) is 4. The zero-order chi connectivity index (χ0) is 21.9. The minimum absolute atomic E-state index is 0.650. The number of hydrogen-bond acceptors (Lipinski definition) is 5. The van der Waals surface area contributed by atoms with Crippen molar-refractivity contribution in [3.05, 3.63) is 99.0 Å². The second kappa shape index (κ2) is 9.24. The molecule has 3 heterocycles. The van der Waals surface area contributed by atoms with Crippen LogP contribution in [0.2, 0.25) is 0 Å². The average Bonchev–Trinajstić information content (AvgIpc) is 2.85. The number of nitrogens with one attached hydrogen (secondary N) is 1. The van der Waals surface area contributed by atoms with E-state index in [1.807, 2.05) is 24.5 Å². The van der Waals surface area contributed by atoms with Crippen LogP contribution in [-0.2, 0) is 19.5 Å². The highest BCUT2D eigenvalue weighted by atomic mass is 127. The molecule has 0 spiro atoms. The molecule has 0 aliphatic carbocycles. The number of hydrogen-bond donors (Lipinski definition) is 1. The van der Waals surface area contributed by atoms with Crippen LogP contribution in [0.5, 0.6) is 0 Å². The summed E-state index contributed by atoms with van der Waals surface area (Å²) in [6, 6.07) is 21.4. The zero-order valence-electron chi connectivity index (χ0n) is 17.9. The first-order valence-corrected chi connectivity index (χ1v) is 11.8. The van der Waals surface area contributed by atoms with Crippen molar-refractivity contribution in [2.45, 2.75) is 26.4 Å². The van der Waals surface area contributed by atoms with Gasteiger partial charge in [0, 0.05) is 47.7 Å². The molecule has 2 aromatic heterocycles. The van der Waals surface area contributed by atoms with E-state index in [-0.39, 0.29) is 0 Å². The Hall–Kier alpha value is -3.00. The number of halogens is 1. The van der Waals surface area contributed by atoms with Gasteiger partial charge >= 0.3 is 0 Å². The lowest BCUT2D eigenvalue weighted by Crippen LogP contribution is -2.31. The van der Waals surface area contributed by atoms with E-state index in [4.69, 9.17) is 4.98 Å². The normalized spacial score (nSPS) is 13.0. The third kappa shape index (κ3) is 4.60. The molecule has 0 saturated heterocycles. The minimum atomic E-state index is 0.650. The summed E-state index contributed by atoms with van der Waals surface area (Å²) in [6.45, 7) is 4.58. The number of fused-ring (bicyclic) bond motifs is 1. The van der Waals surface area contributed by atoms with Crippen LogP contribution in [0, 0.1) is 10.5 Å². The van der Waals surface area contributed by atoms with Gasteiger partial charge in [0.25, 0.3) is 0 Å². The summed E-state index contributed by atoms with van der Waals surface area (Å²) in [5.74, 6) is 1.60. The Morgan fingerprint density at radius 3 is 2.66 bits per heavy atom. The Balaban J connectivity index is 1.24. The van der Waals surface area contributed by atoms with Gasteiger partial charge in [-0.1, -0.05) is 42.5 Å². The van der Waals surface area contributed by atoms with Gasteiger partial charge in [-0.3, -0.25) is 4.98 Å². The summed E-state index contributed by atoms with van der Waals surface area (Å²) in [7, 11) is 0. The Morgan fingerprint density at radius 1 is 0.969 bits per heavy atom. The molecule has 0 fully saturated rings. The lowest BCUT2D eigenvalue weighted by atomic mass is 10.0. The molecular formula is C26H24IN5. The molecule has 4 aromatic rings. The Bertz CT molecular complexity index is 1240. The largest absolute Gasteiger partial charge is 0.352 e. The van der Waals surface area contributed by atoms with Crippen molar-refractivity contribution >= 4 is 34.4 Å². The van der Waals surface area contributed by atoms with Gasteiger partial charge in [0.2, 0.25) is 5.95 Å². The van der Waals surface area contributed by atoms with Crippen LogP contribution in [0.25, 0.3) is 11.1 Å². The highest BCUT2D eigenvalue weighted by molar-refractivity contribution is 14.1. The van der Waals surface area contributed by atoms with Crippen LogP contribution in [0.1, 0.15) is 22.4 Å². The molecule has 5 rings (SSSR count). The summed E-state index contributed by atoms with van der Waals surface area (Å²) in [5.41, 5.74) is 7.45. The van der Waals surface area contributed by atoms with E-state index in [0.717, 1.165) is 25.3 Å². The zero-order valence-corrected chi connectivity index (χ0v) is 20.1. The molecule has 5 nitrogen and oxygen atoms in total. The van der Waals surface area contributed by atoms with Crippen molar-refractivity contribution < 1.29 is 0 Å². The van der Waals surface area contributed by atoms with Crippen molar-refractivity contribution in [1.82, 2.24) is 15.0 Å². The van der Waals surface area contributed by atoms with Gasteiger partial charge < -0.3 is 10.2 Å². The second-order valence-electron chi connectivity index (χ2n) is 8.03. The Morgan fingerprint density at radius 2 is 1.81 bits per heavy atom. The van der Waals surface area contributed by atoms with Crippen molar-refractivity contribution in [2.75, 3.05) is 16.8 Å². The van der Waals surface area contributed by atoms with E-state index in [0.29, 0.717) is 12.5 Å². The maximum absolute atomic E-state index is 4.75. The predicted molar refractivity (Wildman–Crippen MR) is 138 cm³/mol. The molecular weight excluding hydrogens is 509 g/mol. The van der Waals surface area contributed by atoms with Crippen LogP contribution >= 0.6 is 22.6 Å². The fraction of sp³-hybridized carbons (Fsp3) is 0.192. The number of pyridine rings is 1. The average molecular weight is 533 g/mol. The Labute approximate surface area is 202 Å². The first-order chi connectivity index (χ1) is 15.7. The maximum Gasteiger partial charge on any atom is 0.224 e. The molecule has 1 aliphatic heterocycles. The summed E-state index contributed by atoms with van der Waals surface area (Å²) in [4.78, 5) is 15.9. The molecule has 0 bridgehead atoms. The molecule has 0 radical (unpaired) electrons. The second-order valence-corrected chi connectivity index (χ2v) is 9.20. The van der Waals surface area contributed by atoms with Crippen molar-refractivity contribution in [1.29, 1.82) is 0 Å². The van der Waals surface area contributed by atoms with Gasteiger partial charge in [-0.05, 0) is 75.5 Å². The smallest absolute Gasteiger partial charge is 0.224 e. The van der Waals surface area contributed by atoms with Gasteiger partial charge in [-0.25, -0.2) is 4.98 Å². The molecule has 1 N–H and O–H groups in total. The van der Waals surface area contributed by atoms with E-state index in [2.05, 4.69) is 98.2 Å². The standard InChI is InChI=1S/C26H24IN5/c1-18-15-21(8-9-23(18)27)20-6-4-19(5-7-20)16-30-26-29-13-10-25(31-26)32-14-11-24-22(17-32)3-2-12-28-24/h2-10,12-13,15H,11,14,16-17H2,1H3,(H,29,30,31). The van der Waals surface area contributed by atoms with Crippen LogP contribution in [0.15, 0.2) is 73.1 Å². The molecule has 0 atom stereocenters. The fourth-order valence-corrected chi connectivity index (χ4v) is 4.33. The molecule has 160 valence electrons. The monoisotopic (exact) mass is 533 g/mol. The summed E-state index contributed by atoms with van der Waals surface area (Å²) < 4.78 is 1.29. The quantitative estimate of drug-likeness (QED) is 0.338. The molecule has 32 heavy (non-hydrogen) atoms. The van der Waals surface area contributed by atoms with Crippen molar-refractivity contribution in [2.24, 2.45) is 0 Å². The molecule has 6 heteroatoms. The van der Waals surface area contributed by atoms with E-state index in [9.17, 15) is 0 Å². The number of aryl methyl sites for hydroxylation is 1.